The van der Waals surface area contributed by atoms with E-state index >= 15 is 0 Å². The van der Waals surface area contributed by atoms with Crippen LogP contribution >= 0.6 is 0 Å². The Morgan fingerprint density at radius 3 is 2.71 bits per heavy atom. The highest BCUT2D eigenvalue weighted by atomic mass is 14.7. The van der Waals surface area contributed by atoms with Crippen LogP contribution in [0.25, 0.3) is 10.9 Å². The van der Waals surface area contributed by atoms with Gasteiger partial charge in [-0.3, -0.25) is 0 Å². The zero-order valence-electron chi connectivity index (χ0n) is 8.33. The number of nitriles is 1. The number of rotatable bonds is 1. The van der Waals surface area contributed by atoms with Crippen LogP contribution in [0.2, 0.25) is 0 Å². The molecule has 2 aromatic rings. The summed E-state index contributed by atoms with van der Waals surface area (Å²) in [5.74, 6) is 0. The Morgan fingerprint density at radius 2 is 2.00 bits per heavy atom. The maximum atomic E-state index is 9.06. The summed E-state index contributed by atoms with van der Waals surface area (Å²) >= 11 is 0. The van der Waals surface area contributed by atoms with E-state index < -0.39 is 5.41 Å². The van der Waals surface area contributed by atoms with E-state index in [4.69, 9.17) is 5.26 Å². The van der Waals surface area contributed by atoms with Crippen molar-refractivity contribution in [3.63, 3.8) is 0 Å². The normalized spacial score (nSPS) is 11.5. The third kappa shape index (κ3) is 1.18. The standard InChI is InChI=1S/C12H12N2/c1-12(2,8-13)10-7-14-11-6-4-3-5-9(10)11/h3-7,14H,1-2H3. The van der Waals surface area contributed by atoms with Crippen LogP contribution in [0.15, 0.2) is 30.5 Å². The number of hydrogen-bond acceptors (Lipinski definition) is 1. The fraction of sp³-hybridized carbons (Fsp3) is 0.250. The minimum absolute atomic E-state index is 0.431. The molecule has 0 bridgehead atoms. The molecule has 0 aliphatic rings. The molecule has 2 nitrogen and oxygen atoms in total. The van der Waals surface area contributed by atoms with Gasteiger partial charge in [0.2, 0.25) is 0 Å². The number of fused-ring (bicyclic) bond motifs is 1. The lowest BCUT2D eigenvalue weighted by atomic mass is 9.86. The summed E-state index contributed by atoms with van der Waals surface area (Å²) in [5, 5.41) is 10.2. The predicted molar refractivity (Wildman–Crippen MR) is 56.9 cm³/mol. The van der Waals surface area contributed by atoms with Gasteiger partial charge >= 0.3 is 0 Å². The molecule has 0 aliphatic carbocycles. The molecule has 0 aliphatic heterocycles. The molecule has 0 spiro atoms. The van der Waals surface area contributed by atoms with Gasteiger partial charge in [-0.1, -0.05) is 18.2 Å². The molecule has 0 unspecified atom stereocenters. The molecule has 0 atom stereocenters. The first-order valence-corrected chi connectivity index (χ1v) is 4.63. The molecule has 0 radical (unpaired) electrons. The van der Waals surface area contributed by atoms with E-state index in [2.05, 4.69) is 11.1 Å². The van der Waals surface area contributed by atoms with Gasteiger partial charge in [-0.2, -0.15) is 5.26 Å². The minimum Gasteiger partial charge on any atom is -0.361 e. The van der Waals surface area contributed by atoms with E-state index in [-0.39, 0.29) is 0 Å². The molecule has 1 aromatic heterocycles. The van der Waals surface area contributed by atoms with Crippen molar-refractivity contribution in [2.24, 2.45) is 0 Å². The summed E-state index contributed by atoms with van der Waals surface area (Å²) in [5.41, 5.74) is 1.72. The van der Waals surface area contributed by atoms with Crippen LogP contribution in [-0.2, 0) is 5.41 Å². The molecule has 2 rings (SSSR count). The van der Waals surface area contributed by atoms with Crippen molar-refractivity contribution in [2.75, 3.05) is 0 Å². The van der Waals surface area contributed by atoms with E-state index in [0.717, 1.165) is 16.5 Å². The molecule has 1 aromatic carbocycles. The molecule has 0 saturated heterocycles. The highest BCUT2D eigenvalue weighted by Gasteiger charge is 2.22. The zero-order valence-corrected chi connectivity index (χ0v) is 8.33. The lowest BCUT2D eigenvalue weighted by Gasteiger charge is -2.13. The number of aromatic nitrogens is 1. The van der Waals surface area contributed by atoms with E-state index in [1.165, 1.54) is 0 Å². The molecular formula is C12H12N2. The molecule has 2 heteroatoms. The van der Waals surface area contributed by atoms with Gasteiger partial charge in [0.1, 0.15) is 0 Å². The monoisotopic (exact) mass is 184 g/mol. The van der Waals surface area contributed by atoms with Crippen molar-refractivity contribution in [1.82, 2.24) is 4.98 Å². The first-order valence-electron chi connectivity index (χ1n) is 4.63. The second-order valence-corrected chi connectivity index (χ2v) is 3.98. The molecule has 0 saturated carbocycles. The van der Waals surface area contributed by atoms with Crippen LogP contribution in [-0.4, -0.2) is 4.98 Å². The molecule has 70 valence electrons. The quantitative estimate of drug-likeness (QED) is 0.727. The Hall–Kier alpha value is -1.75. The van der Waals surface area contributed by atoms with Crippen molar-refractivity contribution < 1.29 is 0 Å². The maximum absolute atomic E-state index is 9.06. The number of H-pyrrole nitrogens is 1. The van der Waals surface area contributed by atoms with E-state index in [1.807, 2.05) is 44.3 Å². The summed E-state index contributed by atoms with van der Waals surface area (Å²) in [6.45, 7) is 3.87. The van der Waals surface area contributed by atoms with Gasteiger partial charge in [-0.25, -0.2) is 0 Å². The summed E-state index contributed by atoms with van der Waals surface area (Å²) in [7, 11) is 0. The van der Waals surface area contributed by atoms with Crippen LogP contribution in [0.3, 0.4) is 0 Å². The van der Waals surface area contributed by atoms with E-state index in [9.17, 15) is 0 Å². The number of para-hydroxylation sites is 1. The van der Waals surface area contributed by atoms with Crippen LogP contribution in [0, 0.1) is 11.3 Å². The van der Waals surface area contributed by atoms with E-state index in [1.54, 1.807) is 0 Å². The van der Waals surface area contributed by atoms with Crippen molar-refractivity contribution >= 4 is 10.9 Å². The second kappa shape index (κ2) is 2.88. The lowest BCUT2D eigenvalue weighted by Crippen LogP contribution is -2.12. The highest BCUT2D eigenvalue weighted by molar-refractivity contribution is 5.84. The van der Waals surface area contributed by atoms with Gasteiger partial charge in [0.15, 0.2) is 0 Å². The predicted octanol–water partition coefficient (Wildman–Crippen LogP) is 2.97. The minimum atomic E-state index is -0.431. The fourth-order valence-electron chi connectivity index (χ4n) is 1.65. The first-order chi connectivity index (χ1) is 6.65. The number of nitrogens with one attached hydrogen (secondary N) is 1. The number of benzene rings is 1. The number of hydrogen-bond donors (Lipinski definition) is 1. The molecule has 0 amide bonds. The molecule has 1 N–H and O–H groups in total. The van der Waals surface area contributed by atoms with Crippen molar-refractivity contribution in [2.45, 2.75) is 19.3 Å². The Bertz CT molecular complexity index is 500. The third-order valence-corrected chi connectivity index (χ3v) is 2.54. The fourth-order valence-corrected chi connectivity index (χ4v) is 1.65. The first kappa shape index (κ1) is 8.83. The van der Waals surface area contributed by atoms with Crippen LogP contribution in [0.4, 0.5) is 0 Å². The van der Waals surface area contributed by atoms with Gasteiger partial charge < -0.3 is 4.98 Å². The smallest absolute Gasteiger partial charge is 0.0786 e. The van der Waals surface area contributed by atoms with Crippen LogP contribution < -0.4 is 0 Å². The molecule has 1 heterocycles. The summed E-state index contributed by atoms with van der Waals surface area (Å²) < 4.78 is 0. The lowest BCUT2D eigenvalue weighted by molar-refractivity contribution is 0.693. The third-order valence-electron chi connectivity index (χ3n) is 2.54. The van der Waals surface area contributed by atoms with Gasteiger partial charge in [0.25, 0.3) is 0 Å². The average Bonchev–Trinajstić information content (AvgIpc) is 2.61. The Morgan fingerprint density at radius 1 is 1.29 bits per heavy atom. The Balaban J connectivity index is 2.72. The largest absolute Gasteiger partial charge is 0.361 e. The highest BCUT2D eigenvalue weighted by Crippen LogP contribution is 2.29. The average molecular weight is 184 g/mol. The van der Waals surface area contributed by atoms with Crippen molar-refractivity contribution in [3.05, 3.63) is 36.0 Å². The number of nitrogens with zero attached hydrogens (tertiary/aromatic N) is 1. The number of aromatic amines is 1. The SMILES string of the molecule is CC(C)(C#N)c1c[nH]c2ccccc12. The van der Waals surface area contributed by atoms with Crippen LogP contribution in [0.1, 0.15) is 19.4 Å². The topological polar surface area (TPSA) is 39.6 Å². The van der Waals surface area contributed by atoms with Gasteiger partial charge in [0.05, 0.1) is 11.5 Å². The summed E-state index contributed by atoms with van der Waals surface area (Å²) in [4.78, 5) is 3.18. The van der Waals surface area contributed by atoms with Gasteiger partial charge in [-0.05, 0) is 25.5 Å². The molecular weight excluding hydrogens is 172 g/mol. The second-order valence-electron chi connectivity index (χ2n) is 3.98. The molecule has 0 fully saturated rings. The van der Waals surface area contributed by atoms with Gasteiger partial charge in [-0.15, -0.1) is 0 Å². The Labute approximate surface area is 83.2 Å². The molecule has 14 heavy (non-hydrogen) atoms. The van der Waals surface area contributed by atoms with Crippen molar-refractivity contribution in [3.8, 4) is 6.07 Å². The summed E-state index contributed by atoms with van der Waals surface area (Å²) in [6.07, 6.45) is 1.92. The van der Waals surface area contributed by atoms with Crippen molar-refractivity contribution in [1.29, 1.82) is 5.26 Å². The van der Waals surface area contributed by atoms with Crippen LogP contribution in [0.5, 0.6) is 0 Å². The zero-order chi connectivity index (χ0) is 10.2. The Kier molecular flexibility index (Phi) is 1.82. The summed E-state index contributed by atoms with van der Waals surface area (Å²) in [6, 6.07) is 10.4. The van der Waals surface area contributed by atoms with Gasteiger partial charge in [0, 0.05) is 17.1 Å². The maximum Gasteiger partial charge on any atom is 0.0786 e. The van der Waals surface area contributed by atoms with E-state index in [0.29, 0.717) is 0 Å².